The molecule has 0 bridgehead atoms. The molecular formula is C51H41N2OP. The topological polar surface area (TPSA) is 41.8 Å². The SMILES string of the molecule is C=C(/N=C(\N=C(/C)c1cccc(-c2c3ccccc3c(-c3ccccc3)c3ccccc23)c1)c1cccc(-c2cccc(P(C)(C)=O)c2)c1)c1ccccc1. The molecule has 55 heavy (non-hydrogen) atoms. The van der Waals surface area contributed by atoms with Gasteiger partial charge in [0.15, 0.2) is 5.84 Å². The molecule has 0 aliphatic rings. The van der Waals surface area contributed by atoms with E-state index in [9.17, 15) is 4.57 Å². The van der Waals surface area contributed by atoms with Crippen molar-refractivity contribution in [3.8, 4) is 33.4 Å². The minimum absolute atomic E-state index is 0.564. The standard InChI is InChI=1S/C51H41N2OP/c1-35(37-18-7-5-8-19-37)52-51(43-26-16-23-40(33-43)41-24-17-27-44(34-41)55(3,4)54)53-36(2)39-22-15-25-42(32-39)50-47-30-13-11-28-45(47)49(38-20-9-6-10-21-38)46-29-12-14-31-48(46)50/h5-34H,1H2,2-4H3/b52-51-,53-36+. The number of aliphatic imine (C=N–C) groups is 2. The molecule has 0 saturated carbocycles. The molecule has 8 rings (SSSR count). The molecule has 0 aromatic heterocycles. The van der Waals surface area contributed by atoms with Gasteiger partial charge in [0.05, 0.1) is 5.70 Å². The van der Waals surface area contributed by atoms with Gasteiger partial charge in [-0.15, -0.1) is 0 Å². The lowest BCUT2D eigenvalue weighted by Crippen LogP contribution is -2.05. The minimum atomic E-state index is -2.43. The van der Waals surface area contributed by atoms with E-state index < -0.39 is 7.14 Å². The summed E-state index contributed by atoms with van der Waals surface area (Å²) in [4.78, 5) is 10.3. The van der Waals surface area contributed by atoms with E-state index in [1.165, 1.54) is 38.2 Å². The Balaban J connectivity index is 1.26. The van der Waals surface area contributed by atoms with Crippen molar-refractivity contribution in [1.82, 2.24) is 0 Å². The summed E-state index contributed by atoms with van der Waals surface area (Å²) in [7, 11) is -2.43. The number of amidine groups is 1. The third-order valence-corrected chi connectivity index (χ3v) is 11.6. The molecule has 0 fully saturated rings. The van der Waals surface area contributed by atoms with Gasteiger partial charge in [-0.05, 0) is 105 Å². The molecule has 0 spiro atoms. The first-order chi connectivity index (χ1) is 26.7. The van der Waals surface area contributed by atoms with Crippen LogP contribution in [0.15, 0.2) is 199 Å². The van der Waals surface area contributed by atoms with Crippen LogP contribution in [0.1, 0.15) is 23.6 Å². The van der Waals surface area contributed by atoms with Gasteiger partial charge in [-0.25, -0.2) is 9.98 Å². The van der Waals surface area contributed by atoms with Gasteiger partial charge in [-0.2, -0.15) is 0 Å². The van der Waals surface area contributed by atoms with Gasteiger partial charge in [0.1, 0.15) is 7.14 Å². The second-order valence-electron chi connectivity index (χ2n) is 14.2. The molecule has 0 aliphatic carbocycles. The molecule has 0 radical (unpaired) electrons. The summed E-state index contributed by atoms with van der Waals surface area (Å²) in [6.45, 7) is 10.00. The minimum Gasteiger partial charge on any atom is -0.319 e. The second kappa shape index (κ2) is 15.1. The molecule has 0 atom stereocenters. The van der Waals surface area contributed by atoms with Crippen molar-refractivity contribution < 1.29 is 4.57 Å². The van der Waals surface area contributed by atoms with E-state index >= 15 is 0 Å². The van der Waals surface area contributed by atoms with Gasteiger partial charge in [-0.3, -0.25) is 0 Å². The van der Waals surface area contributed by atoms with Gasteiger partial charge < -0.3 is 4.57 Å². The molecule has 8 aromatic carbocycles. The van der Waals surface area contributed by atoms with Crippen LogP contribution in [-0.4, -0.2) is 24.9 Å². The molecule has 0 aliphatic heterocycles. The van der Waals surface area contributed by atoms with Gasteiger partial charge in [-0.1, -0.05) is 170 Å². The Morgan fingerprint density at radius 1 is 0.455 bits per heavy atom. The first kappa shape index (κ1) is 35.6. The van der Waals surface area contributed by atoms with E-state index in [0.29, 0.717) is 11.5 Å². The van der Waals surface area contributed by atoms with Crippen LogP contribution in [0.25, 0.3) is 60.6 Å². The Hall–Kier alpha value is -6.41. The predicted molar refractivity (Wildman–Crippen MR) is 238 cm³/mol. The van der Waals surface area contributed by atoms with Crippen molar-refractivity contribution in [3.05, 3.63) is 205 Å². The fraction of sp³-hybridized carbons (Fsp3) is 0.0588. The van der Waals surface area contributed by atoms with Crippen molar-refractivity contribution >= 4 is 51.2 Å². The quantitative estimate of drug-likeness (QED) is 0.0665. The molecule has 4 heteroatoms. The zero-order valence-corrected chi connectivity index (χ0v) is 32.2. The van der Waals surface area contributed by atoms with Gasteiger partial charge in [0, 0.05) is 16.6 Å². The molecule has 0 unspecified atom stereocenters. The molecule has 0 amide bonds. The lowest BCUT2D eigenvalue weighted by molar-refractivity contribution is 0.588. The van der Waals surface area contributed by atoms with Crippen molar-refractivity contribution in [2.24, 2.45) is 9.98 Å². The highest BCUT2D eigenvalue weighted by Gasteiger charge is 2.18. The van der Waals surface area contributed by atoms with Crippen molar-refractivity contribution in [2.75, 3.05) is 13.3 Å². The number of nitrogens with zero attached hydrogens (tertiary/aromatic N) is 2. The van der Waals surface area contributed by atoms with E-state index in [0.717, 1.165) is 44.4 Å². The van der Waals surface area contributed by atoms with Crippen LogP contribution in [0.4, 0.5) is 0 Å². The molecule has 0 saturated heterocycles. The lowest BCUT2D eigenvalue weighted by atomic mass is 9.85. The largest absolute Gasteiger partial charge is 0.319 e. The van der Waals surface area contributed by atoms with Crippen molar-refractivity contribution in [2.45, 2.75) is 6.92 Å². The smallest absolute Gasteiger partial charge is 0.160 e. The first-order valence-corrected chi connectivity index (χ1v) is 21.1. The Morgan fingerprint density at radius 3 is 1.49 bits per heavy atom. The van der Waals surface area contributed by atoms with E-state index in [2.05, 4.69) is 128 Å². The normalized spacial score (nSPS) is 12.3. The van der Waals surface area contributed by atoms with E-state index in [4.69, 9.17) is 9.98 Å². The van der Waals surface area contributed by atoms with Crippen LogP contribution in [0.5, 0.6) is 0 Å². The molecule has 266 valence electrons. The summed E-state index contributed by atoms with van der Waals surface area (Å²) in [5, 5.41) is 5.70. The fourth-order valence-electron chi connectivity index (χ4n) is 7.31. The Kier molecular flexibility index (Phi) is 9.81. The van der Waals surface area contributed by atoms with E-state index in [1.54, 1.807) is 13.3 Å². The van der Waals surface area contributed by atoms with Crippen molar-refractivity contribution in [1.29, 1.82) is 0 Å². The third kappa shape index (κ3) is 7.40. The first-order valence-electron chi connectivity index (χ1n) is 18.5. The number of hydrogen-bond acceptors (Lipinski definition) is 2. The number of hydrogen-bond donors (Lipinski definition) is 0. The summed E-state index contributed by atoms with van der Waals surface area (Å²) in [6.07, 6.45) is 0. The fourth-order valence-corrected chi connectivity index (χ4v) is 8.21. The van der Waals surface area contributed by atoms with Crippen LogP contribution in [-0.2, 0) is 4.57 Å². The van der Waals surface area contributed by atoms with Crippen LogP contribution < -0.4 is 5.30 Å². The highest BCUT2D eigenvalue weighted by molar-refractivity contribution is 7.70. The summed E-state index contributed by atoms with van der Waals surface area (Å²) >= 11 is 0. The molecule has 3 nitrogen and oxygen atoms in total. The van der Waals surface area contributed by atoms with E-state index in [-0.39, 0.29) is 0 Å². The average Bonchev–Trinajstić information content (AvgIpc) is 3.23. The molecular weight excluding hydrogens is 688 g/mol. The van der Waals surface area contributed by atoms with Gasteiger partial charge in [0.2, 0.25) is 0 Å². The summed E-state index contributed by atoms with van der Waals surface area (Å²) in [5.74, 6) is 0.564. The molecule has 8 aromatic rings. The lowest BCUT2D eigenvalue weighted by Gasteiger charge is -2.18. The Labute approximate surface area is 323 Å². The van der Waals surface area contributed by atoms with Crippen molar-refractivity contribution in [3.63, 3.8) is 0 Å². The second-order valence-corrected chi connectivity index (χ2v) is 17.4. The molecule has 0 N–H and O–H groups in total. The molecule has 0 heterocycles. The van der Waals surface area contributed by atoms with Gasteiger partial charge in [0.25, 0.3) is 0 Å². The van der Waals surface area contributed by atoms with Crippen LogP contribution >= 0.6 is 7.14 Å². The maximum atomic E-state index is 13.0. The average molecular weight is 729 g/mol. The third-order valence-electron chi connectivity index (χ3n) is 10.1. The number of fused-ring (bicyclic) bond motifs is 2. The highest BCUT2D eigenvalue weighted by Crippen LogP contribution is 2.43. The maximum Gasteiger partial charge on any atom is 0.160 e. The van der Waals surface area contributed by atoms with Crippen LogP contribution in [0.3, 0.4) is 0 Å². The monoisotopic (exact) mass is 728 g/mol. The Morgan fingerprint density at radius 2 is 0.891 bits per heavy atom. The zero-order valence-electron chi connectivity index (χ0n) is 31.3. The zero-order chi connectivity index (χ0) is 37.9. The predicted octanol–water partition coefficient (Wildman–Crippen LogP) is 13.2. The maximum absolute atomic E-state index is 13.0. The number of benzene rings is 8. The summed E-state index contributed by atoms with van der Waals surface area (Å²) < 4.78 is 13.0. The summed E-state index contributed by atoms with van der Waals surface area (Å²) in [6, 6.07) is 63.0. The van der Waals surface area contributed by atoms with E-state index in [1.807, 2.05) is 67.6 Å². The van der Waals surface area contributed by atoms with Gasteiger partial charge >= 0.3 is 0 Å². The van der Waals surface area contributed by atoms with Crippen LogP contribution in [0, 0.1) is 0 Å². The summed E-state index contributed by atoms with van der Waals surface area (Å²) in [5.41, 5.74) is 11.0. The highest BCUT2D eigenvalue weighted by atomic mass is 31.2. The number of rotatable bonds is 8. The van der Waals surface area contributed by atoms with Crippen LogP contribution in [0.2, 0.25) is 0 Å². The Bertz CT molecular complexity index is 2770.